The number of nitrogens with zero attached hydrogens (tertiary/aromatic N) is 1. The van der Waals surface area contributed by atoms with E-state index >= 15 is 0 Å². The van der Waals surface area contributed by atoms with Gasteiger partial charge in [0.1, 0.15) is 5.82 Å². The normalized spacial score (nSPS) is 14.9. The fraction of sp³-hybridized carbons (Fsp3) is 0.263. The highest BCUT2D eigenvalue weighted by molar-refractivity contribution is 7.89. The molecule has 0 unspecified atom stereocenters. The number of anilines is 1. The minimum atomic E-state index is -3.60. The average Bonchev–Trinajstić information content (AvgIpc) is 2.74. The molecule has 154 valence electrons. The first kappa shape index (κ1) is 20.9. The van der Waals surface area contributed by atoms with Crippen molar-refractivity contribution in [2.24, 2.45) is 0 Å². The first-order valence-corrected chi connectivity index (χ1v) is 10.3. The Morgan fingerprint density at radius 3 is 2.31 bits per heavy atom. The third-order valence-corrected chi connectivity index (χ3v) is 6.23. The van der Waals surface area contributed by atoms with Gasteiger partial charge in [-0.1, -0.05) is 24.3 Å². The summed E-state index contributed by atoms with van der Waals surface area (Å²) >= 11 is 0. The van der Waals surface area contributed by atoms with Crippen LogP contribution in [0.25, 0.3) is 0 Å². The van der Waals surface area contributed by atoms with E-state index in [0.717, 1.165) is 0 Å². The highest BCUT2D eigenvalue weighted by atomic mass is 32.2. The number of hydrogen-bond donors (Lipinski definition) is 2. The van der Waals surface area contributed by atoms with Gasteiger partial charge < -0.3 is 15.4 Å². The molecular weight excluding hydrogens is 401 g/mol. The number of carbonyl (C=O) groups is 2. The van der Waals surface area contributed by atoms with Crippen LogP contribution in [0.15, 0.2) is 53.4 Å². The predicted molar refractivity (Wildman–Crippen MR) is 103 cm³/mol. The molecule has 0 spiro atoms. The summed E-state index contributed by atoms with van der Waals surface area (Å²) in [6.07, 6.45) is 0. The Bertz CT molecular complexity index is 989. The van der Waals surface area contributed by atoms with Gasteiger partial charge in [-0.15, -0.1) is 0 Å². The highest BCUT2D eigenvalue weighted by Gasteiger charge is 2.26. The number of morpholine rings is 1. The molecule has 1 aliphatic heterocycles. The Morgan fingerprint density at radius 1 is 1.00 bits per heavy atom. The number of carbonyl (C=O) groups excluding carboxylic acids is 2. The van der Waals surface area contributed by atoms with Crippen molar-refractivity contribution >= 4 is 27.5 Å². The third kappa shape index (κ3) is 5.17. The van der Waals surface area contributed by atoms with Gasteiger partial charge in [-0.25, -0.2) is 12.8 Å². The lowest BCUT2D eigenvalue weighted by atomic mass is 10.2. The summed E-state index contributed by atoms with van der Waals surface area (Å²) in [6.45, 7) is 1.34. The number of hydrogen-bond acceptors (Lipinski definition) is 5. The summed E-state index contributed by atoms with van der Waals surface area (Å²) in [5.74, 6) is -2.58. The lowest BCUT2D eigenvalue weighted by Gasteiger charge is -2.26. The van der Waals surface area contributed by atoms with Crippen LogP contribution in [-0.4, -0.2) is 50.8 Å². The van der Waals surface area contributed by atoms with Crippen molar-refractivity contribution in [3.05, 3.63) is 59.9 Å². The molecule has 10 heteroatoms. The molecule has 0 bridgehead atoms. The Balaban J connectivity index is 1.56. The van der Waals surface area contributed by atoms with Gasteiger partial charge in [0.05, 0.1) is 23.8 Å². The Hall–Kier alpha value is -2.82. The van der Waals surface area contributed by atoms with Crippen LogP contribution in [0, 0.1) is 5.82 Å². The van der Waals surface area contributed by atoms with Crippen molar-refractivity contribution in [1.29, 1.82) is 0 Å². The molecule has 2 N–H and O–H groups in total. The van der Waals surface area contributed by atoms with E-state index in [1.807, 2.05) is 0 Å². The maximum atomic E-state index is 13.5. The molecule has 0 aromatic heterocycles. The summed E-state index contributed by atoms with van der Waals surface area (Å²) in [6, 6.07) is 11.5. The standard InChI is InChI=1S/C19H20FN3O5S/c20-16-3-1-2-4-17(16)22-19(25)18(24)21-13-14-5-7-15(8-6-14)29(26,27)23-9-11-28-12-10-23/h1-8H,9-13H2,(H,21,24)(H,22,25). The van der Waals surface area contributed by atoms with E-state index in [-0.39, 0.29) is 17.1 Å². The van der Waals surface area contributed by atoms with Gasteiger partial charge in [0.25, 0.3) is 0 Å². The number of sulfonamides is 1. The molecule has 2 amide bonds. The fourth-order valence-electron chi connectivity index (χ4n) is 2.72. The zero-order valence-corrected chi connectivity index (χ0v) is 16.2. The second-order valence-electron chi connectivity index (χ2n) is 6.28. The van der Waals surface area contributed by atoms with Crippen molar-refractivity contribution in [1.82, 2.24) is 9.62 Å². The first-order valence-electron chi connectivity index (χ1n) is 8.88. The van der Waals surface area contributed by atoms with Gasteiger partial charge in [0, 0.05) is 19.6 Å². The number of rotatable bonds is 5. The van der Waals surface area contributed by atoms with E-state index in [1.54, 1.807) is 12.1 Å². The zero-order chi connectivity index (χ0) is 20.9. The molecule has 1 aliphatic rings. The molecule has 2 aromatic rings. The summed E-state index contributed by atoms with van der Waals surface area (Å²) < 4.78 is 45.2. The van der Waals surface area contributed by atoms with E-state index in [2.05, 4.69) is 10.6 Å². The van der Waals surface area contributed by atoms with Crippen molar-refractivity contribution in [2.75, 3.05) is 31.6 Å². The number of benzene rings is 2. The number of amides is 2. The molecule has 3 rings (SSSR count). The summed E-state index contributed by atoms with van der Waals surface area (Å²) in [7, 11) is -3.60. The zero-order valence-electron chi connectivity index (χ0n) is 15.4. The van der Waals surface area contributed by atoms with Crippen LogP contribution in [0.4, 0.5) is 10.1 Å². The molecule has 8 nitrogen and oxygen atoms in total. The quantitative estimate of drug-likeness (QED) is 0.704. The average molecular weight is 421 g/mol. The summed E-state index contributed by atoms with van der Waals surface area (Å²) in [5, 5.41) is 4.60. The van der Waals surface area contributed by atoms with Crippen LogP contribution < -0.4 is 10.6 Å². The minimum Gasteiger partial charge on any atom is -0.379 e. The third-order valence-electron chi connectivity index (χ3n) is 4.31. The smallest absolute Gasteiger partial charge is 0.313 e. The lowest BCUT2D eigenvalue weighted by molar-refractivity contribution is -0.136. The monoisotopic (exact) mass is 421 g/mol. The summed E-state index contributed by atoms with van der Waals surface area (Å²) in [4.78, 5) is 23.9. The van der Waals surface area contributed by atoms with Gasteiger partial charge >= 0.3 is 11.8 Å². The van der Waals surface area contributed by atoms with Gasteiger partial charge in [0.2, 0.25) is 10.0 Å². The maximum Gasteiger partial charge on any atom is 0.313 e. The number of ether oxygens (including phenoxy) is 1. The van der Waals surface area contributed by atoms with E-state index in [9.17, 15) is 22.4 Å². The van der Waals surface area contributed by atoms with Crippen LogP contribution in [0.1, 0.15) is 5.56 Å². The lowest BCUT2D eigenvalue weighted by Crippen LogP contribution is -2.40. The van der Waals surface area contributed by atoms with Crippen molar-refractivity contribution in [3.63, 3.8) is 0 Å². The molecule has 1 saturated heterocycles. The second kappa shape index (κ2) is 9.12. The van der Waals surface area contributed by atoms with Crippen LogP contribution in [0.2, 0.25) is 0 Å². The van der Waals surface area contributed by atoms with Crippen molar-refractivity contribution in [2.45, 2.75) is 11.4 Å². The Kier molecular flexibility index (Phi) is 6.57. The second-order valence-corrected chi connectivity index (χ2v) is 8.21. The highest BCUT2D eigenvalue weighted by Crippen LogP contribution is 2.17. The number of para-hydroxylation sites is 1. The van der Waals surface area contributed by atoms with E-state index in [4.69, 9.17) is 4.74 Å². The first-order chi connectivity index (χ1) is 13.9. The number of nitrogens with one attached hydrogen (secondary N) is 2. The molecule has 1 fully saturated rings. The largest absolute Gasteiger partial charge is 0.379 e. The minimum absolute atomic E-state index is 0.0153. The van der Waals surface area contributed by atoms with Gasteiger partial charge in [-0.3, -0.25) is 9.59 Å². The number of halogens is 1. The maximum absolute atomic E-state index is 13.5. The Morgan fingerprint density at radius 2 is 1.66 bits per heavy atom. The molecule has 2 aromatic carbocycles. The molecule has 0 saturated carbocycles. The van der Waals surface area contributed by atoms with Crippen LogP contribution in [-0.2, 0) is 30.9 Å². The molecule has 29 heavy (non-hydrogen) atoms. The molecule has 0 radical (unpaired) electrons. The van der Waals surface area contributed by atoms with Crippen LogP contribution in [0.5, 0.6) is 0 Å². The molecule has 1 heterocycles. The van der Waals surface area contributed by atoms with Crippen molar-refractivity contribution in [3.8, 4) is 0 Å². The Labute approximate surface area is 167 Å². The van der Waals surface area contributed by atoms with E-state index < -0.39 is 27.7 Å². The molecule has 0 atom stereocenters. The molecule has 0 aliphatic carbocycles. The van der Waals surface area contributed by atoms with Gasteiger partial charge in [-0.2, -0.15) is 4.31 Å². The topological polar surface area (TPSA) is 105 Å². The van der Waals surface area contributed by atoms with Gasteiger partial charge in [0.15, 0.2) is 0 Å². The summed E-state index contributed by atoms with van der Waals surface area (Å²) in [5.41, 5.74) is 0.517. The van der Waals surface area contributed by atoms with E-state index in [1.165, 1.54) is 40.7 Å². The SMILES string of the molecule is O=C(NCc1ccc(S(=O)(=O)N2CCOCC2)cc1)C(=O)Nc1ccccc1F. The van der Waals surface area contributed by atoms with Crippen molar-refractivity contribution < 1.29 is 27.1 Å². The van der Waals surface area contributed by atoms with Crippen LogP contribution in [0.3, 0.4) is 0 Å². The predicted octanol–water partition coefficient (Wildman–Crippen LogP) is 1.10. The van der Waals surface area contributed by atoms with E-state index in [0.29, 0.717) is 31.9 Å². The van der Waals surface area contributed by atoms with Crippen LogP contribution >= 0.6 is 0 Å². The molecular formula is C19H20FN3O5S. The van der Waals surface area contributed by atoms with Gasteiger partial charge in [-0.05, 0) is 29.8 Å². The fourth-order valence-corrected chi connectivity index (χ4v) is 4.13.